The van der Waals surface area contributed by atoms with Gasteiger partial charge in [-0.15, -0.1) is 0 Å². The predicted molar refractivity (Wildman–Crippen MR) is 101 cm³/mol. The summed E-state index contributed by atoms with van der Waals surface area (Å²) in [7, 11) is 0. The van der Waals surface area contributed by atoms with Crippen LogP contribution in [0.4, 0.5) is 14.5 Å². The zero-order valence-corrected chi connectivity index (χ0v) is 15.9. The second-order valence-corrected chi connectivity index (χ2v) is 7.33. The number of alkyl halides is 2. The highest BCUT2D eigenvalue weighted by Crippen LogP contribution is 2.32. The smallest absolute Gasteiger partial charge is 0.387 e. The molecule has 0 saturated carbocycles. The molecule has 0 aromatic heterocycles. The lowest BCUT2D eigenvalue weighted by atomic mass is 10.0. The summed E-state index contributed by atoms with van der Waals surface area (Å²) in [6.07, 6.45) is 5.00. The number of halogens is 2. The summed E-state index contributed by atoms with van der Waals surface area (Å²) in [5, 5.41) is 3.19. The van der Waals surface area contributed by atoms with Crippen molar-refractivity contribution in [3.05, 3.63) is 24.3 Å². The Morgan fingerprint density at radius 2 is 2.07 bits per heavy atom. The first-order valence-corrected chi connectivity index (χ1v) is 9.91. The highest BCUT2D eigenvalue weighted by atomic mass is 19.3. The van der Waals surface area contributed by atoms with Gasteiger partial charge >= 0.3 is 6.61 Å². The molecule has 0 bridgehead atoms. The molecule has 5 nitrogen and oxygen atoms in total. The van der Waals surface area contributed by atoms with E-state index < -0.39 is 6.61 Å². The number of nitrogens with zero attached hydrogens (tertiary/aromatic N) is 2. The molecule has 2 heterocycles. The molecule has 0 spiro atoms. The third-order valence-corrected chi connectivity index (χ3v) is 5.38. The van der Waals surface area contributed by atoms with Crippen molar-refractivity contribution in [1.29, 1.82) is 0 Å². The summed E-state index contributed by atoms with van der Waals surface area (Å²) in [6.45, 7) is 2.54. The molecule has 150 valence electrons. The molecule has 1 aromatic carbocycles. The summed E-state index contributed by atoms with van der Waals surface area (Å²) in [4.78, 5) is 17.1. The number of carbonyl (C=O) groups is 1. The van der Waals surface area contributed by atoms with Gasteiger partial charge in [0.25, 0.3) is 0 Å². The van der Waals surface area contributed by atoms with E-state index in [1.807, 2.05) is 11.0 Å². The van der Waals surface area contributed by atoms with E-state index in [2.05, 4.69) is 21.9 Å². The molecular weight excluding hydrogens is 352 g/mol. The van der Waals surface area contributed by atoms with Crippen LogP contribution in [0.15, 0.2) is 24.3 Å². The topological polar surface area (TPSA) is 44.8 Å². The lowest BCUT2D eigenvalue weighted by Crippen LogP contribution is -2.52. The Bertz CT molecular complexity index is 627. The minimum atomic E-state index is -2.85. The standard InChI is InChI=1S/C20H29F2N3O2/c1-2-11-24-12-6-5-8-17(24)19(26)23-15-10-13-25(14-15)16-7-3-4-9-18(16)27-20(21)22/h3-4,7,9,15,17,20H,2,5-6,8,10-14H2,1H3,(H,23,26). The van der Waals surface area contributed by atoms with Crippen molar-refractivity contribution < 1.29 is 18.3 Å². The molecule has 1 N–H and O–H groups in total. The van der Waals surface area contributed by atoms with Crippen LogP contribution >= 0.6 is 0 Å². The average Bonchev–Trinajstić information content (AvgIpc) is 3.10. The van der Waals surface area contributed by atoms with Crippen LogP contribution < -0.4 is 15.0 Å². The highest BCUT2D eigenvalue weighted by molar-refractivity contribution is 5.82. The maximum absolute atomic E-state index is 12.8. The van der Waals surface area contributed by atoms with Crippen LogP contribution in [0.5, 0.6) is 5.75 Å². The first-order chi connectivity index (χ1) is 13.1. The van der Waals surface area contributed by atoms with Crippen LogP contribution in [-0.2, 0) is 4.79 Å². The summed E-state index contributed by atoms with van der Waals surface area (Å²) in [5.41, 5.74) is 0.653. The van der Waals surface area contributed by atoms with E-state index in [0.29, 0.717) is 18.8 Å². The van der Waals surface area contributed by atoms with Gasteiger partial charge in [0.15, 0.2) is 0 Å². The van der Waals surface area contributed by atoms with E-state index in [-0.39, 0.29) is 23.7 Å². The molecule has 2 aliphatic heterocycles. The number of likely N-dealkylation sites (tertiary alicyclic amines) is 1. The van der Waals surface area contributed by atoms with Crippen molar-refractivity contribution in [3.8, 4) is 5.75 Å². The summed E-state index contributed by atoms with van der Waals surface area (Å²) in [5.74, 6) is 0.285. The lowest BCUT2D eigenvalue weighted by molar-refractivity contribution is -0.128. The molecule has 2 atom stereocenters. The van der Waals surface area contributed by atoms with Gasteiger partial charge in [0.2, 0.25) is 5.91 Å². The number of hydrogen-bond acceptors (Lipinski definition) is 4. The molecule has 2 fully saturated rings. The Morgan fingerprint density at radius 1 is 1.26 bits per heavy atom. The highest BCUT2D eigenvalue weighted by Gasteiger charge is 2.32. The minimum absolute atomic E-state index is 0.0301. The van der Waals surface area contributed by atoms with Crippen LogP contribution in [0.3, 0.4) is 0 Å². The summed E-state index contributed by atoms with van der Waals surface area (Å²) in [6, 6.07) is 6.82. The quantitative estimate of drug-likeness (QED) is 0.788. The second kappa shape index (κ2) is 9.35. The number of nitrogens with one attached hydrogen (secondary N) is 1. The Balaban J connectivity index is 1.59. The van der Waals surface area contributed by atoms with Gasteiger partial charge in [-0.25, -0.2) is 0 Å². The molecule has 0 radical (unpaired) electrons. The first kappa shape index (κ1) is 19.9. The van der Waals surface area contributed by atoms with Crippen molar-refractivity contribution in [2.45, 2.75) is 57.7 Å². The summed E-state index contributed by atoms with van der Waals surface area (Å²) < 4.78 is 29.9. The van der Waals surface area contributed by atoms with Crippen molar-refractivity contribution in [2.75, 3.05) is 31.1 Å². The molecule has 2 unspecified atom stereocenters. The fourth-order valence-corrected chi connectivity index (χ4v) is 4.15. The maximum atomic E-state index is 12.8. The Morgan fingerprint density at radius 3 is 2.85 bits per heavy atom. The minimum Gasteiger partial charge on any atom is -0.433 e. The van der Waals surface area contributed by atoms with Gasteiger partial charge in [0.05, 0.1) is 11.7 Å². The van der Waals surface area contributed by atoms with E-state index in [0.717, 1.165) is 45.2 Å². The van der Waals surface area contributed by atoms with Gasteiger partial charge in [-0.1, -0.05) is 25.5 Å². The second-order valence-electron chi connectivity index (χ2n) is 7.33. The van der Waals surface area contributed by atoms with Crippen LogP contribution in [0, 0.1) is 0 Å². The fourth-order valence-electron chi connectivity index (χ4n) is 4.15. The number of para-hydroxylation sites is 2. The van der Waals surface area contributed by atoms with E-state index in [1.54, 1.807) is 18.2 Å². The van der Waals surface area contributed by atoms with E-state index in [1.165, 1.54) is 0 Å². The zero-order valence-electron chi connectivity index (χ0n) is 15.9. The Kier molecular flexibility index (Phi) is 6.88. The number of anilines is 1. The number of amides is 1. The first-order valence-electron chi connectivity index (χ1n) is 9.91. The molecule has 1 amide bonds. The molecule has 0 aliphatic carbocycles. The molecule has 1 aromatic rings. The monoisotopic (exact) mass is 381 g/mol. The molecule has 27 heavy (non-hydrogen) atoms. The molecular formula is C20H29F2N3O2. The number of piperidine rings is 1. The van der Waals surface area contributed by atoms with Gasteiger partial charge in [0, 0.05) is 19.1 Å². The van der Waals surface area contributed by atoms with Crippen molar-refractivity contribution in [1.82, 2.24) is 10.2 Å². The molecule has 7 heteroatoms. The van der Waals surface area contributed by atoms with Crippen LogP contribution in [-0.4, -0.2) is 55.7 Å². The number of rotatable bonds is 7. The predicted octanol–water partition coefficient (Wildman–Crippen LogP) is 3.25. The normalized spacial score (nSPS) is 23.6. The fraction of sp³-hybridized carbons (Fsp3) is 0.650. The van der Waals surface area contributed by atoms with Crippen molar-refractivity contribution >= 4 is 11.6 Å². The Labute approximate surface area is 159 Å². The molecule has 2 aliphatic rings. The van der Waals surface area contributed by atoms with E-state index in [9.17, 15) is 13.6 Å². The molecule has 3 rings (SSSR count). The number of ether oxygens (including phenoxy) is 1. The third kappa shape index (κ3) is 5.09. The van der Waals surface area contributed by atoms with Gasteiger partial charge in [0.1, 0.15) is 5.75 Å². The number of hydrogen-bond donors (Lipinski definition) is 1. The van der Waals surface area contributed by atoms with E-state index in [4.69, 9.17) is 0 Å². The van der Waals surface area contributed by atoms with Crippen LogP contribution in [0.1, 0.15) is 39.0 Å². The lowest BCUT2D eigenvalue weighted by Gasteiger charge is -2.35. The van der Waals surface area contributed by atoms with Crippen molar-refractivity contribution in [3.63, 3.8) is 0 Å². The third-order valence-electron chi connectivity index (χ3n) is 5.38. The van der Waals surface area contributed by atoms with Crippen LogP contribution in [0.25, 0.3) is 0 Å². The van der Waals surface area contributed by atoms with Crippen molar-refractivity contribution in [2.24, 2.45) is 0 Å². The number of carbonyl (C=O) groups excluding carboxylic acids is 1. The largest absolute Gasteiger partial charge is 0.433 e. The zero-order chi connectivity index (χ0) is 19.2. The van der Waals surface area contributed by atoms with Crippen LogP contribution in [0.2, 0.25) is 0 Å². The summed E-state index contributed by atoms with van der Waals surface area (Å²) >= 11 is 0. The van der Waals surface area contributed by atoms with Gasteiger partial charge in [-0.2, -0.15) is 8.78 Å². The van der Waals surface area contributed by atoms with Gasteiger partial charge < -0.3 is 15.0 Å². The SMILES string of the molecule is CCCN1CCCCC1C(=O)NC1CCN(c2ccccc2OC(F)F)C1. The van der Waals surface area contributed by atoms with Gasteiger partial charge in [-0.3, -0.25) is 9.69 Å². The van der Waals surface area contributed by atoms with Gasteiger partial charge in [-0.05, 0) is 50.9 Å². The number of benzene rings is 1. The van der Waals surface area contributed by atoms with E-state index >= 15 is 0 Å². The molecule has 2 saturated heterocycles. The maximum Gasteiger partial charge on any atom is 0.387 e. The Hall–Kier alpha value is -1.89. The average molecular weight is 381 g/mol.